The van der Waals surface area contributed by atoms with Crippen molar-refractivity contribution in [2.45, 2.75) is 5.22 Å². The van der Waals surface area contributed by atoms with Crippen molar-refractivity contribution >= 4 is 52.5 Å². The fourth-order valence-corrected chi connectivity index (χ4v) is 3.25. The van der Waals surface area contributed by atoms with Gasteiger partial charge in [-0.25, -0.2) is 4.79 Å². The van der Waals surface area contributed by atoms with Gasteiger partial charge in [0.2, 0.25) is 5.89 Å². The summed E-state index contributed by atoms with van der Waals surface area (Å²) in [4.78, 5) is 11.8. The van der Waals surface area contributed by atoms with E-state index in [1.54, 1.807) is 36.4 Å². The number of carbonyl (C=O) groups excluding carboxylic acids is 1. The predicted molar refractivity (Wildman–Crippen MR) is 110 cm³/mol. The Morgan fingerprint density at radius 1 is 1.07 bits per heavy atom. The molecule has 0 aliphatic rings. The van der Waals surface area contributed by atoms with E-state index in [0.29, 0.717) is 43.1 Å². The van der Waals surface area contributed by atoms with Crippen LogP contribution < -0.4 is 0 Å². The van der Waals surface area contributed by atoms with Crippen molar-refractivity contribution in [1.82, 2.24) is 10.2 Å². The number of thioether (sulfide) groups is 1. The van der Waals surface area contributed by atoms with Crippen LogP contribution in [0, 0.1) is 11.8 Å². The highest BCUT2D eigenvalue weighted by molar-refractivity contribution is 7.99. The molecule has 0 aliphatic heterocycles. The summed E-state index contributed by atoms with van der Waals surface area (Å²) in [6.45, 7) is -0.0264. The van der Waals surface area contributed by atoms with E-state index in [1.807, 2.05) is 0 Å². The fraction of sp³-hybridized carbons (Fsp3) is 0.105. The van der Waals surface area contributed by atoms with Crippen LogP contribution in [0.2, 0.25) is 15.1 Å². The Bertz CT molecular complexity index is 1060. The van der Waals surface area contributed by atoms with Gasteiger partial charge in [-0.1, -0.05) is 64.5 Å². The largest absolute Gasteiger partial charge is 0.449 e. The third kappa shape index (κ3) is 5.66. The summed E-state index contributed by atoms with van der Waals surface area (Å²) in [5.74, 6) is 5.82. The summed E-state index contributed by atoms with van der Waals surface area (Å²) >= 11 is 19.1. The van der Waals surface area contributed by atoms with Gasteiger partial charge in [0.15, 0.2) is 6.61 Å². The van der Waals surface area contributed by atoms with Gasteiger partial charge in [0.1, 0.15) is 0 Å². The molecule has 0 amide bonds. The molecule has 2 aromatic carbocycles. The Balaban J connectivity index is 1.47. The summed E-state index contributed by atoms with van der Waals surface area (Å²) in [6.07, 6.45) is 0. The van der Waals surface area contributed by atoms with Crippen molar-refractivity contribution < 1.29 is 13.9 Å². The molecule has 9 heteroatoms. The van der Waals surface area contributed by atoms with Crippen LogP contribution in [0.3, 0.4) is 0 Å². The highest BCUT2D eigenvalue weighted by atomic mass is 35.5. The molecule has 1 aromatic heterocycles. The van der Waals surface area contributed by atoms with Crippen LogP contribution in [0.4, 0.5) is 0 Å². The van der Waals surface area contributed by atoms with Gasteiger partial charge in [-0.2, -0.15) is 0 Å². The Kier molecular flexibility index (Phi) is 7.24. The van der Waals surface area contributed by atoms with Crippen molar-refractivity contribution in [3.8, 4) is 23.3 Å². The molecular formula is C19H11Cl3N2O3S. The molecule has 1 heterocycles. The van der Waals surface area contributed by atoms with E-state index in [0.717, 1.165) is 0 Å². The number of rotatable bonds is 5. The normalized spacial score (nSPS) is 10.2. The monoisotopic (exact) mass is 452 g/mol. The summed E-state index contributed by atoms with van der Waals surface area (Å²) in [6, 6.07) is 11.5. The zero-order valence-electron chi connectivity index (χ0n) is 14.1. The van der Waals surface area contributed by atoms with Gasteiger partial charge in [0.25, 0.3) is 5.22 Å². The van der Waals surface area contributed by atoms with Crippen molar-refractivity contribution in [2.24, 2.45) is 0 Å². The second kappa shape index (κ2) is 9.85. The van der Waals surface area contributed by atoms with Crippen LogP contribution in [0.25, 0.3) is 11.5 Å². The first-order valence-electron chi connectivity index (χ1n) is 7.83. The first-order valence-corrected chi connectivity index (χ1v) is 9.95. The topological polar surface area (TPSA) is 65.2 Å². The van der Waals surface area contributed by atoms with Gasteiger partial charge in [0.05, 0.1) is 21.9 Å². The highest BCUT2D eigenvalue weighted by Gasteiger charge is 2.12. The summed E-state index contributed by atoms with van der Waals surface area (Å²) < 4.78 is 10.6. The molecule has 0 atom stereocenters. The first-order chi connectivity index (χ1) is 13.5. The van der Waals surface area contributed by atoms with Crippen molar-refractivity contribution in [3.63, 3.8) is 0 Å². The lowest BCUT2D eigenvalue weighted by Crippen LogP contribution is -2.05. The molecule has 0 saturated heterocycles. The zero-order valence-corrected chi connectivity index (χ0v) is 17.2. The summed E-state index contributed by atoms with van der Waals surface area (Å²) in [5.41, 5.74) is 0.979. The molecule has 0 radical (unpaired) electrons. The van der Waals surface area contributed by atoms with Gasteiger partial charge in [0, 0.05) is 10.0 Å². The lowest BCUT2D eigenvalue weighted by Gasteiger charge is -2.00. The third-order valence-electron chi connectivity index (χ3n) is 3.30. The van der Waals surface area contributed by atoms with Crippen LogP contribution in [0.15, 0.2) is 52.1 Å². The molecule has 0 spiro atoms. The van der Waals surface area contributed by atoms with Crippen molar-refractivity contribution in [2.75, 3.05) is 12.4 Å². The number of carbonyl (C=O) groups is 1. The van der Waals surface area contributed by atoms with Gasteiger partial charge >= 0.3 is 5.97 Å². The second-order valence-corrected chi connectivity index (χ2v) is 7.43. The van der Waals surface area contributed by atoms with E-state index < -0.39 is 5.97 Å². The Morgan fingerprint density at radius 2 is 1.89 bits per heavy atom. The number of aromatic nitrogens is 2. The molecule has 0 bridgehead atoms. The average Bonchev–Trinajstić information content (AvgIpc) is 3.13. The van der Waals surface area contributed by atoms with E-state index in [1.165, 1.54) is 17.8 Å². The van der Waals surface area contributed by atoms with Crippen LogP contribution in [0.5, 0.6) is 0 Å². The molecule has 3 rings (SSSR count). The Labute approximate surface area is 180 Å². The maximum atomic E-state index is 11.8. The van der Waals surface area contributed by atoms with E-state index in [4.69, 9.17) is 44.0 Å². The number of nitrogens with zero attached hydrogens (tertiary/aromatic N) is 2. The summed E-state index contributed by atoms with van der Waals surface area (Å²) in [7, 11) is 0. The maximum absolute atomic E-state index is 11.8. The van der Waals surface area contributed by atoms with E-state index in [-0.39, 0.29) is 6.61 Å². The van der Waals surface area contributed by atoms with Crippen LogP contribution >= 0.6 is 46.6 Å². The molecule has 28 heavy (non-hydrogen) atoms. The predicted octanol–water partition coefficient (Wildman–Crippen LogP) is 5.65. The molecule has 5 nitrogen and oxygen atoms in total. The average molecular weight is 454 g/mol. The SMILES string of the molecule is O=C(OCC#CCSc1nnc(-c2ccc(Cl)cc2Cl)o1)c1cccc(Cl)c1. The van der Waals surface area contributed by atoms with Gasteiger partial charge < -0.3 is 9.15 Å². The molecule has 0 N–H and O–H groups in total. The quantitative estimate of drug-likeness (QED) is 0.282. The van der Waals surface area contributed by atoms with Crippen LogP contribution in [-0.2, 0) is 4.74 Å². The van der Waals surface area contributed by atoms with Gasteiger partial charge in [-0.3, -0.25) is 0 Å². The Hall–Kier alpha value is -2.17. The van der Waals surface area contributed by atoms with Crippen molar-refractivity contribution in [3.05, 3.63) is 63.1 Å². The number of benzene rings is 2. The minimum Gasteiger partial charge on any atom is -0.449 e. The van der Waals surface area contributed by atoms with E-state index in [2.05, 4.69) is 22.0 Å². The number of halogens is 3. The molecule has 0 saturated carbocycles. The second-order valence-electron chi connectivity index (χ2n) is 5.23. The minimum atomic E-state index is -0.481. The van der Waals surface area contributed by atoms with Crippen LogP contribution in [-0.4, -0.2) is 28.5 Å². The van der Waals surface area contributed by atoms with Crippen molar-refractivity contribution in [1.29, 1.82) is 0 Å². The van der Waals surface area contributed by atoms with E-state index >= 15 is 0 Å². The zero-order chi connectivity index (χ0) is 19.9. The lowest BCUT2D eigenvalue weighted by molar-refractivity contribution is 0.0556. The third-order valence-corrected chi connectivity index (χ3v) is 4.78. The summed E-state index contributed by atoms with van der Waals surface area (Å²) in [5, 5.41) is 9.67. The standard InChI is InChI=1S/C19H11Cl3N2O3S/c20-13-5-3-4-12(10-13)18(25)26-8-1-2-9-28-19-24-23-17(27-19)15-7-6-14(21)11-16(15)22/h3-7,10-11H,8-9H2. The van der Waals surface area contributed by atoms with Crippen LogP contribution in [0.1, 0.15) is 10.4 Å². The fourth-order valence-electron chi connectivity index (χ4n) is 2.04. The minimum absolute atomic E-state index is 0.0264. The molecule has 0 unspecified atom stereocenters. The van der Waals surface area contributed by atoms with Gasteiger partial charge in [-0.05, 0) is 36.4 Å². The Morgan fingerprint density at radius 3 is 2.68 bits per heavy atom. The number of hydrogen-bond donors (Lipinski definition) is 0. The molecule has 0 fully saturated rings. The number of hydrogen-bond acceptors (Lipinski definition) is 6. The lowest BCUT2D eigenvalue weighted by atomic mass is 10.2. The number of esters is 1. The number of ether oxygens (including phenoxy) is 1. The molecule has 3 aromatic rings. The van der Waals surface area contributed by atoms with E-state index in [9.17, 15) is 4.79 Å². The van der Waals surface area contributed by atoms with Gasteiger partial charge in [-0.15, -0.1) is 10.2 Å². The maximum Gasteiger partial charge on any atom is 0.339 e. The molecule has 142 valence electrons. The first kappa shape index (κ1) is 20.6. The molecular weight excluding hydrogens is 443 g/mol. The smallest absolute Gasteiger partial charge is 0.339 e. The molecule has 0 aliphatic carbocycles. The highest BCUT2D eigenvalue weighted by Crippen LogP contribution is 2.30.